The molecule has 3 aromatic carbocycles. The number of nitrogens with one attached hydrogen (secondary N) is 2. The SMILES string of the molecule is N#Cc1ccc(COC(=O)[C@H](Cc2c[nH]c3ccccc23)NC(=O)c2ccc(Cl)cc2)cc1. The van der Waals surface area contributed by atoms with Gasteiger partial charge in [0.25, 0.3) is 5.91 Å². The number of para-hydroxylation sites is 1. The van der Waals surface area contributed by atoms with Gasteiger partial charge in [0.15, 0.2) is 0 Å². The molecule has 4 rings (SSSR count). The van der Waals surface area contributed by atoms with E-state index < -0.39 is 17.9 Å². The summed E-state index contributed by atoms with van der Waals surface area (Å²) < 4.78 is 5.51. The van der Waals surface area contributed by atoms with Crippen LogP contribution < -0.4 is 5.32 Å². The summed E-state index contributed by atoms with van der Waals surface area (Å²) in [6.07, 6.45) is 2.09. The topological polar surface area (TPSA) is 95.0 Å². The lowest BCUT2D eigenvalue weighted by Gasteiger charge is -2.18. The number of amides is 1. The zero-order chi connectivity index (χ0) is 23.2. The van der Waals surface area contributed by atoms with Crippen molar-refractivity contribution < 1.29 is 14.3 Å². The summed E-state index contributed by atoms with van der Waals surface area (Å²) >= 11 is 5.91. The molecule has 2 N–H and O–H groups in total. The number of H-pyrrole nitrogens is 1. The third-order valence-corrected chi connectivity index (χ3v) is 5.51. The fourth-order valence-electron chi connectivity index (χ4n) is 3.49. The van der Waals surface area contributed by atoms with E-state index in [2.05, 4.69) is 16.4 Å². The Bertz CT molecular complexity index is 1320. The van der Waals surface area contributed by atoms with Gasteiger partial charge < -0.3 is 15.0 Å². The van der Waals surface area contributed by atoms with E-state index in [1.165, 1.54) is 0 Å². The number of aromatic amines is 1. The molecule has 0 saturated carbocycles. The van der Waals surface area contributed by atoms with Gasteiger partial charge in [-0.05, 0) is 53.6 Å². The maximum absolute atomic E-state index is 13.0. The summed E-state index contributed by atoms with van der Waals surface area (Å²) in [5.41, 5.74) is 3.50. The van der Waals surface area contributed by atoms with Crippen LogP contribution in [0.4, 0.5) is 0 Å². The molecule has 1 atom stereocenters. The fraction of sp³-hybridized carbons (Fsp3) is 0.115. The molecule has 4 aromatic rings. The number of nitriles is 1. The first kappa shape index (κ1) is 22.1. The number of carbonyl (C=O) groups is 2. The molecular formula is C26H20ClN3O3. The number of aromatic nitrogens is 1. The molecule has 1 aromatic heterocycles. The minimum Gasteiger partial charge on any atom is -0.459 e. The van der Waals surface area contributed by atoms with E-state index in [4.69, 9.17) is 21.6 Å². The number of ether oxygens (including phenoxy) is 1. The number of rotatable bonds is 7. The first-order valence-electron chi connectivity index (χ1n) is 10.3. The molecule has 0 saturated heterocycles. The molecule has 0 aliphatic heterocycles. The van der Waals surface area contributed by atoms with Crippen molar-refractivity contribution in [2.75, 3.05) is 0 Å². The zero-order valence-corrected chi connectivity index (χ0v) is 18.3. The maximum atomic E-state index is 13.0. The van der Waals surface area contributed by atoms with Crippen molar-refractivity contribution in [1.29, 1.82) is 5.26 Å². The van der Waals surface area contributed by atoms with E-state index in [-0.39, 0.29) is 13.0 Å². The average molecular weight is 458 g/mol. The molecule has 1 amide bonds. The van der Waals surface area contributed by atoms with Crippen molar-refractivity contribution in [3.05, 3.63) is 106 Å². The highest BCUT2D eigenvalue weighted by molar-refractivity contribution is 6.30. The molecule has 0 aliphatic rings. The molecular weight excluding hydrogens is 438 g/mol. The van der Waals surface area contributed by atoms with Crippen molar-refractivity contribution in [1.82, 2.24) is 10.3 Å². The lowest BCUT2D eigenvalue weighted by Crippen LogP contribution is -2.43. The molecule has 1 heterocycles. The Kier molecular flexibility index (Phi) is 6.72. The molecule has 0 aliphatic carbocycles. The minimum atomic E-state index is -0.897. The number of fused-ring (bicyclic) bond motifs is 1. The van der Waals surface area contributed by atoms with Gasteiger partial charge in [-0.1, -0.05) is 41.9 Å². The van der Waals surface area contributed by atoms with Crippen LogP contribution >= 0.6 is 11.6 Å². The first-order valence-corrected chi connectivity index (χ1v) is 10.7. The van der Waals surface area contributed by atoms with Crippen molar-refractivity contribution >= 4 is 34.4 Å². The quantitative estimate of drug-likeness (QED) is 0.390. The Morgan fingerprint density at radius 2 is 1.76 bits per heavy atom. The van der Waals surface area contributed by atoms with Crippen LogP contribution in [0.2, 0.25) is 5.02 Å². The maximum Gasteiger partial charge on any atom is 0.329 e. The van der Waals surface area contributed by atoms with Gasteiger partial charge in [0, 0.05) is 34.1 Å². The fourth-order valence-corrected chi connectivity index (χ4v) is 3.61. The summed E-state index contributed by atoms with van der Waals surface area (Å²) in [5, 5.41) is 13.2. The molecule has 0 unspecified atom stereocenters. The second-order valence-electron chi connectivity index (χ2n) is 7.51. The predicted octanol–water partition coefficient (Wildman–Crippen LogP) is 4.78. The average Bonchev–Trinajstić information content (AvgIpc) is 3.25. The largest absolute Gasteiger partial charge is 0.459 e. The Morgan fingerprint density at radius 1 is 1.03 bits per heavy atom. The number of halogens is 1. The van der Waals surface area contributed by atoms with Crippen LogP contribution in [0.5, 0.6) is 0 Å². The van der Waals surface area contributed by atoms with Gasteiger partial charge in [-0.15, -0.1) is 0 Å². The van der Waals surface area contributed by atoms with Gasteiger partial charge in [-0.25, -0.2) is 4.79 Å². The van der Waals surface area contributed by atoms with Gasteiger partial charge in [-0.2, -0.15) is 5.26 Å². The number of benzene rings is 3. The van der Waals surface area contributed by atoms with E-state index >= 15 is 0 Å². The van der Waals surface area contributed by atoms with Gasteiger partial charge in [0.1, 0.15) is 12.6 Å². The summed E-state index contributed by atoms with van der Waals surface area (Å²) in [5.74, 6) is -0.946. The Hall–Kier alpha value is -4.08. The molecule has 0 bridgehead atoms. The second-order valence-corrected chi connectivity index (χ2v) is 7.95. The number of hydrogen-bond donors (Lipinski definition) is 2. The summed E-state index contributed by atoms with van der Waals surface area (Å²) in [4.78, 5) is 29.0. The normalized spacial score (nSPS) is 11.5. The Balaban J connectivity index is 1.52. The summed E-state index contributed by atoms with van der Waals surface area (Å²) in [6.45, 7) is 0.0335. The van der Waals surface area contributed by atoms with E-state index in [1.54, 1.807) is 48.5 Å². The Labute approximate surface area is 195 Å². The van der Waals surface area contributed by atoms with Crippen LogP contribution in [0.1, 0.15) is 27.0 Å². The molecule has 0 spiro atoms. The second kappa shape index (κ2) is 10.0. The molecule has 0 fully saturated rings. The van der Waals surface area contributed by atoms with Crippen molar-refractivity contribution in [3.63, 3.8) is 0 Å². The molecule has 164 valence electrons. The highest BCUT2D eigenvalue weighted by atomic mass is 35.5. The molecule has 6 nitrogen and oxygen atoms in total. The van der Waals surface area contributed by atoms with E-state index in [0.29, 0.717) is 16.1 Å². The number of nitrogens with zero attached hydrogens (tertiary/aromatic N) is 1. The van der Waals surface area contributed by atoms with Crippen LogP contribution in [0.25, 0.3) is 10.9 Å². The predicted molar refractivity (Wildman–Crippen MR) is 126 cm³/mol. The van der Waals surface area contributed by atoms with Crippen LogP contribution in [-0.4, -0.2) is 22.9 Å². The van der Waals surface area contributed by atoms with Gasteiger partial charge in [-0.3, -0.25) is 4.79 Å². The van der Waals surface area contributed by atoms with E-state index in [9.17, 15) is 9.59 Å². The van der Waals surface area contributed by atoms with Crippen molar-refractivity contribution in [2.45, 2.75) is 19.1 Å². The molecule has 0 radical (unpaired) electrons. The highest BCUT2D eigenvalue weighted by Gasteiger charge is 2.25. The summed E-state index contributed by atoms with van der Waals surface area (Å²) in [7, 11) is 0. The van der Waals surface area contributed by atoms with Gasteiger partial charge >= 0.3 is 5.97 Å². The highest BCUT2D eigenvalue weighted by Crippen LogP contribution is 2.20. The molecule has 33 heavy (non-hydrogen) atoms. The van der Waals surface area contributed by atoms with Gasteiger partial charge in [0.05, 0.1) is 11.6 Å². The monoisotopic (exact) mass is 457 g/mol. The zero-order valence-electron chi connectivity index (χ0n) is 17.5. The third-order valence-electron chi connectivity index (χ3n) is 5.26. The summed E-state index contributed by atoms with van der Waals surface area (Å²) in [6, 6.07) is 22.1. The number of hydrogen-bond acceptors (Lipinski definition) is 4. The standard InChI is InChI=1S/C26H20ClN3O3/c27-21-11-9-19(10-12-21)25(31)30-24(13-20-15-29-23-4-2-1-3-22(20)23)26(32)33-16-18-7-5-17(14-28)6-8-18/h1-12,15,24,29H,13,16H2,(H,30,31)/t24-/m0/s1. The van der Waals surface area contributed by atoms with Crippen molar-refractivity contribution in [2.24, 2.45) is 0 Å². The van der Waals surface area contributed by atoms with Crippen LogP contribution in [0, 0.1) is 11.3 Å². The lowest BCUT2D eigenvalue weighted by atomic mass is 10.0. The van der Waals surface area contributed by atoms with Crippen molar-refractivity contribution in [3.8, 4) is 6.07 Å². The lowest BCUT2D eigenvalue weighted by molar-refractivity contribution is -0.147. The minimum absolute atomic E-state index is 0.0335. The van der Waals surface area contributed by atoms with Crippen LogP contribution in [-0.2, 0) is 22.6 Å². The third kappa shape index (κ3) is 5.40. The number of esters is 1. The molecule has 7 heteroatoms. The van der Waals surface area contributed by atoms with Crippen LogP contribution in [0.3, 0.4) is 0 Å². The van der Waals surface area contributed by atoms with E-state index in [1.807, 2.05) is 30.5 Å². The Morgan fingerprint density at radius 3 is 2.48 bits per heavy atom. The first-order chi connectivity index (χ1) is 16.0. The van der Waals surface area contributed by atoms with Crippen LogP contribution in [0.15, 0.2) is 79.0 Å². The smallest absolute Gasteiger partial charge is 0.329 e. The van der Waals surface area contributed by atoms with E-state index in [0.717, 1.165) is 22.0 Å². The van der Waals surface area contributed by atoms with Gasteiger partial charge in [0.2, 0.25) is 0 Å². The number of carbonyl (C=O) groups excluding carboxylic acids is 2.